The Morgan fingerprint density at radius 2 is 1.95 bits per heavy atom. The lowest BCUT2D eigenvalue weighted by Gasteiger charge is -2.24. The predicted octanol–water partition coefficient (Wildman–Crippen LogP) is 2.35. The van der Waals surface area contributed by atoms with Gasteiger partial charge in [-0.1, -0.05) is 6.07 Å². The molecule has 1 aromatic carbocycles. The molecule has 110 valence electrons. The van der Waals surface area contributed by atoms with Gasteiger partial charge in [0.05, 0.1) is 5.56 Å². The van der Waals surface area contributed by atoms with Crippen molar-refractivity contribution in [2.24, 2.45) is 0 Å². The molecule has 6 heteroatoms. The van der Waals surface area contributed by atoms with Crippen LogP contribution < -0.4 is 5.32 Å². The SMILES string of the molecule is Cl.O=C(c1cccc(F)c1F)N1CCC2CCC(C1)N2. The van der Waals surface area contributed by atoms with Crippen LogP contribution in [0.1, 0.15) is 29.6 Å². The lowest BCUT2D eigenvalue weighted by Crippen LogP contribution is -2.39. The van der Waals surface area contributed by atoms with E-state index < -0.39 is 17.5 Å². The molecule has 2 heterocycles. The highest BCUT2D eigenvalue weighted by Gasteiger charge is 2.32. The summed E-state index contributed by atoms with van der Waals surface area (Å²) in [4.78, 5) is 13.9. The van der Waals surface area contributed by atoms with Gasteiger partial charge in [-0.05, 0) is 31.4 Å². The third kappa shape index (κ3) is 2.79. The number of likely N-dealkylation sites (tertiary alicyclic amines) is 1. The van der Waals surface area contributed by atoms with E-state index in [1.54, 1.807) is 4.90 Å². The lowest BCUT2D eigenvalue weighted by atomic mass is 10.1. The zero-order valence-corrected chi connectivity index (χ0v) is 11.8. The summed E-state index contributed by atoms with van der Waals surface area (Å²) in [6, 6.07) is 4.48. The Hall–Kier alpha value is -1.20. The summed E-state index contributed by atoms with van der Waals surface area (Å²) in [5, 5.41) is 3.45. The molecule has 2 unspecified atom stereocenters. The average molecular weight is 303 g/mol. The largest absolute Gasteiger partial charge is 0.337 e. The monoisotopic (exact) mass is 302 g/mol. The minimum atomic E-state index is -1.05. The number of amides is 1. The molecule has 3 nitrogen and oxygen atoms in total. The molecule has 2 bridgehead atoms. The molecular weight excluding hydrogens is 286 g/mol. The van der Waals surface area contributed by atoms with E-state index in [0.717, 1.165) is 25.3 Å². The van der Waals surface area contributed by atoms with Crippen molar-refractivity contribution in [3.05, 3.63) is 35.4 Å². The van der Waals surface area contributed by atoms with Crippen molar-refractivity contribution in [3.8, 4) is 0 Å². The number of hydrogen-bond donors (Lipinski definition) is 1. The summed E-state index contributed by atoms with van der Waals surface area (Å²) in [5.74, 6) is -2.43. The van der Waals surface area contributed by atoms with Crippen molar-refractivity contribution >= 4 is 18.3 Å². The van der Waals surface area contributed by atoms with Gasteiger partial charge in [-0.2, -0.15) is 0 Å². The summed E-state index contributed by atoms with van der Waals surface area (Å²) in [7, 11) is 0. The van der Waals surface area contributed by atoms with Crippen molar-refractivity contribution in [1.29, 1.82) is 0 Å². The van der Waals surface area contributed by atoms with Crippen molar-refractivity contribution in [1.82, 2.24) is 10.2 Å². The van der Waals surface area contributed by atoms with Crippen LogP contribution in [0.25, 0.3) is 0 Å². The molecule has 20 heavy (non-hydrogen) atoms. The van der Waals surface area contributed by atoms with Crippen LogP contribution >= 0.6 is 12.4 Å². The lowest BCUT2D eigenvalue weighted by molar-refractivity contribution is 0.0742. The second kappa shape index (κ2) is 6.06. The number of carbonyl (C=O) groups is 1. The van der Waals surface area contributed by atoms with Crippen LogP contribution in [0.15, 0.2) is 18.2 Å². The van der Waals surface area contributed by atoms with Crippen molar-refractivity contribution in [3.63, 3.8) is 0 Å². The Bertz CT molecular complexity index is 512. The normalized spacial score (nSPS) is 25.0. The zero-order valence-electron chi connectivity index (χ0n) is 10.9. The second-order valence-electron chi connectivity index (χ2n) is 5.28. The summed E-state index contributed by atoms with van der Waals surface area (Å²) >= 11 is 0. The molecule has 2 saturated heterocycles. The van der Waals surface area contributed by atoms with Gasteiger partial charge in [0.1, 0.15) is 0 Å². The molecule has 0 radical (unpaired) electrons. The quantitative estimate of drug-likeness (QED) is 0.864. The zero-order chi connectivity index (χ0) is 13.4. The Balaban J connectivity index is 0.00000147. The van der Waals surface area contributed by atoms with Crippen LogP contribution in [-0.2, 0) is 0 Å². The third-order valence-electron chi connectivity index (χ3n) is 3.99. The van der Waals surface area contributed by atoms with E-state index in [4.69, 9.17) is 0 Å². The van der Waals surface area contributed by atoms with E-state index in [9.17, 15) is 13.6 Å². The van der Waals surface area contributed by atoms with E-state index in [1.807, 2.05) is 0 Å². The highest BCUT2D eigenvalue weighted by molar-refractivity contribution is 5.94. The smallest absolute Gasteiger partial charge is 0.256 e. The van der Waals surface area contributed by atoms with Crippen LogP contribution in [0, 0.1) is 11.6 Å². The summed E-state index contributed by atoms with van der Waals surface area (Å²) in [6.45, 7) is 1.17. The second-order valence-corrected chi connectivity index (χ2v) is 5.28. The molecular formula is C14H17ClF2N2O. The fourth-order valence-corrected chi connectivity index (χ4v) is 2.97. The topological polar surface area (TPSA) is 32.3 Å². The molecule has 1 N–H and O–H groups in total. The number of rotatable bonds is 1. The van der Waals surface area contributed by atoms with E-state index in [2.05, 4.69) is 5.32 Å². The first-order valence-electron chi connectivity index (χ1n) is 6.64. The van der Waals surface area contributed by atoms with E-state index in [0.29, 0.717) is 19.1 Å². The Kier molecular flexibility index (Phi) is 4.60. The first-order valence-corrected chi connectivity index (χ1v) is 6.64. The van der Waals surface area contributed by atoms with Crippen LogP contribution in [0.2, 0.25) is 0 Å². The number of fused-ring (bicyclic) bond motifs is 2. The predicted molar refractivity (Wildman–Crippen MR) is 74.1 cm³/mol. The summed E-state index contributed by atoms with van der Waals surface area (Å²) in [5.41, 5.74) is -0.169. The van der Waals surface area contributed by atoms with Crippen LogP contribution in [0.3, 0.4) is 0 Å². The summed E-state index contributed by atoms with van der Waals surface area (Å²) in [6.07, 6.45) is 3.06. The molecule has 2 atom stereocenters. The van der Waals surface area contributed by atoms with Crippen molar-refractivity contribution in [2.75, 3.05) is 13.1 Å². The molecule has 0 aliphatic carbocycles. The van der Waals surface area contributed by atoms with Crippen molar-refractivity contribution < 1.29 is 13.6 Å². The number of carbonyl (C=O) groups excluding carboxylic acids is 1. The fourth-order valence-electron chi connectivity index (χ4n) is 2.97. The fraction of sp³-hybridized carbons (Fsp3) is 0.500. The van der Waals surface area contributed by atoms with E-state index in [-0.39, 0.29) is 24.0 Å². The first-order chi connectivity index (χ1) is 9.15. The first kappa shape index (κ1) is 15.2. The highest BCUT2D eigenvalue weighted by atomic mass is 35.5. The van der Waals surface area contributed by atoms with E-state index >= 15 is 0 Å². The Labute approximate surface area is 122 Å². The molecule has 1 aromatic rings. The third-order valence-corrected chi connectivity index (χ3v) is 3.99. The van der Waals surface area contributed by atoms with Crippen LogP contribution in [-0.4, -0.2) is 36.0 Å². The highest BCUT2D eigenvalue weighted by Crippen LogP contribution is 2.22. The molecule has 2 aliphatic rings. The molecule has 0 spiro atoms. The van der Waals surface area contributed by atoms with Gasteiger partial charge in [0, 0.05) is 25.2 Å². The maximum Gasteiger partial charge on any atom is 0.256 e. The van der Waals surface area contributed by atoms with Gasteiger partial charge < -0.3 is 10.2 Å². The van der Waals surface area contributed by atoms with Gasteiger partial charge in [0.2, 0.25) is 0 Å². The maximum atomic E-state index is 13.7. The van der Waals surface area contributed by atoms with Crippen LogP contribution in [0.4, 0.5) is 8.78 Å². The molecule has 2 fully saturated rings. The number of nitrogens with one attached hydrogen (secondary N) is 1. The minimum absolute atomic E-state index is 0. The number of halogens is 3. The summed E-state index contributed by atoms with van der Waals surface area (Å²) < 4.78 is 26.8. The maximum absolute atomic E-state index is 13.7. The van der Waals surface area contributed by atoms with Crippen LogP contribution in [0.5, 0.6) is 0 Å². The minimum Gasteiger partial charge on any atom is -0.337 e. The van der Waals surface area contributed by atoms with Gasteiger partial charge in [-0.15, -0.1) is 12.4 Å². The number of hydrogen-bond acceptors (Lipinski definition) is 2. The average Bonchev–Trinajstić information content (AvgIpc) is 2.72. The molecule has 0 aromatic heterocycles. The Morgan fingerprint density at radius 3 is 2.75 bits per heavy atom. The molecule has 3 rings (SSSR count). The number of nitrogens with zero attached hydrogens (tertiary/aromatic N) is 1. The van der Waals surface area contributed by atoms with E-state index in [1.165, 1.54) is 12.1 Å². The van der Waals surface area contributed by atoms with Gasteiger partial charge >= 0.3 is 0 Å². The molecule has 2 aliphatic heterocycles. The Morgan fingerprint density at radius 1 is 1.20 bits per heavy atom. The van der Waals surface area contributed by atoms with Gasteiger partial charge in [-0.25, -0.2) is 8.78 Å². The van der Waals surface area contributed by atoms with Gasteiger partial charge in [0.15, 0.2) is 11.6 Å². The standard InChI is InChI=1S/C14H16F2N2O.ClH/c15-12-3-1-2-11(13(12)16)14(19)18-7-6-9-4-5-10(8-18)17-9;/h1-3,9-10,17H,4-8H2;1H. The van der Waals surface area contributed by atoms with Gasteiger partial charge in [0.25, 0.3) is 5.91 Å². The number of benzene rings is 1. The molecule has 0 saturated carbocycles. The molecule has 1 amide bonds. The van der Waals surface area contributed by atoms with Crippen molar-refractivity contribution in [2.45, 2.75) is 31.3 Å². The van der Waals surface area contributed by atoms with Gasteiger partial charge in [-0.3, -0.25) is 4.79 Å².